The molecule has 4 fully saturated rings. The summed E-state index contributed by atoms with van der Waals surface area (Å²) in [7, 11) is 1.46. The van der Waals surface area contributed by atoms with E-state index < -0.39 is 5.72 Å². The Morgan fingerprint density at radius 3 is 2.23 bits per heavy atom. The summed E-state index contributed by atoms with van der Waals surface area (Å²) >= 11 is 0. The molecule has 2 unspecified atom stereocenters. The topological polar surface area (TPSA) is 98.4 Å². The van der Waals surface area contributed by atoms with Crippen LogP contribution in [0, 0.1) is 5.92 Å². The van der Waals surface area contributed by atoms with E-state index in [9.17, 15) is 9.59 Å². The van der Waals surface area contributed by atoms with Gasteiger partial charge >= 0.3 is 11.9 Å². The number of carbonyl (C=O) groups excluding carboxylic acids is 2. The fourth-order valence-corrected chi connectivity index (χ4v) is 9.31. The van der Waals surface area contributed by atoms with Crippen LogP contribution in [0.3, 0.4) is 0 Å². The number of esters is 2. The van der Waals surface area contributed by atoms with Crippen molar-refractivity contribution in [3.8, 4) is 0 Å². The highest BCUT2D eigenvalue weighted by molar-refractivity contribution is 5.75. The normalized spacial score (nSPS) is 34.6. The van der Waals surface area contributed by atoms with Gasteiger partial charge in [0.25, 0.3) is 0 Å². The second kappa shape index (κ2) is 18.6. The van der Waals surface area contributed by atoms with Crippen LogP contribution in [0.1, 0.15) is 162 Å². The van der Waals surface area contributed by atoms with Gasteiger partial charge in [0, 0.05) is 24.9 Å². The Morgan fingerprint density at radius 2 is 1.56 bits per heavy atom. The number of allylic oxidation sites excluding steroid dienone is 1. The molecular formula is C39H67N3O6. The zero-order valence-corrected chi connectivity index (χ0v) is 30.5. The van der Waals surface area contributed by atoms with E-state index in [2.05, 4.69) is 41.5 Å². The number of methoxy groups -OCH3 is 1. The van der Waals surface area contributed by atoms with Gasteiger partial charge in [-0.05, 0) is 71.1 Å². The average Bonchev–Trinajstić information content (AvgIpc) is 3.38. The molecule has 8 atom stereocenters. The maximum absolute atomic E-state index is 14.0. The van der Waals surface area contributed by atoms with Crippen LogP contribution in [0.15, 0.2) is 12.2 Å². The Hall–Kier alpha value is -1.52. The molecule has 0 aromatic rings. The number of ether oxygens (including phenoxy) is 4. The second-order valence-corrected chi connectivity index (χ2v) is 15.4. The van der Waals surface area contributed by atoms with Crippen molar-refractivity contribution in [2.24, 2.45) is 5.92 Å². The monoisotopic (exact) mass is 674 g/mol. The Balaban J connectivity index is 1.02. The lowest BCUT2D eigenvalue weighted by Gasteiger charge is -2.60. The summed E-state index contributed by atoms with van der Waals surface area (Å²) in [5.74, 6) is -0.490. The summed E-state index contributed by atoms with van der Waals surface area (Å²) < 4.78 is 24.4. The molecule has 274 valence electrons. The predicted molar refractivity (Wildman–Crippen MR) is 188 cm³/mol. The molecule has 5 heterocycles. The highest BCUT2D eigenvalue weighted by Crippen LogP contribution is 2.49. The van der Waals surface area contributed by atoms with Gasteiger partial charge in [0.15, 0.2) is 0 Å². The van der Waals surface area contributed by atoms with E-state index in [4.69, 9.17) is 18.9 Å². The predicted octanol–water partition coefficient (Wildman–Crippen LogP) is 7.62. The highest BCUT2D eigenvalue weighted by atomic mass is 16.6. The minimum atomic E-state index is -0.710. The van der Waals surface area contributed by atoms with Crippen LogP contribution in [0.2, 0.25) is 0 Å². The van der Waals surface area contributed by atoms with E-state index in [0.29, 0.717) is 19.1 Å². The molecule has 2 spiro atoms. The molecule has 9 nitrogen and oxygen atoms in total. The Kier molecular flexibility index (Phi) is 14.7. The molecule has 2 N–H and O–H groups in total. The van der Waals surface area contributed by atoms with Crippen molar-refractivity contribution in [3.63, 3.8) is 0 Å². The molecule has 5 rings (SSSR count). The number of nitrogens with one attached hydrogen (secondary N) is 2. The summed E-state index contributed by atoms with van der Waals surface area (Å²) in [6.45, 7) is 4.84. The first kappa shape index (κ1) is 37.7. The molecule has 0 aliphatic carbocycles. The SMILES string of the molecule is CC[C@H]1C=CCC[C@@]2(C[C@@H]3CC[C@@H]4C(C(=O)OCCCCCCCCCCCCCCCC(=O)OC)[C@]5(CCC[C@@H](C)O5)NC(N2)N34)O1. The standard InChI is InChI=1S/C39H67N3O6/c1-4-32-22-17-18-26-38(48-32)29-31-24-25-33-35(39(27-20-21-30(2)47-39)41-37(40-38)42(31)33)36(44)46-28-19-15-13-11-9-7-5-6-8-10-12-14-16-23-34(43)45-3/h17,22,30-33,35,37,40-41H,4-16,18-21,23-29H2,1-3H3/t30-,31+,32+,33-,35?,37?,38+,39-/m1/s1. The van der Waals surface area contributed by atoms with Gasteiger partial charge in [-0.15, -0.1) is 0 Å². The lowest BCUT2D eigenvalue weighted by Crippen LogP contribution is -2.81. The zero-order chi connectivity index (χ0) is 33.8. The van der Waals surface area contributed by atoms with Crippen molar-refractivity contribution in [1.29, 1.82) is 0 Å². The number of unbranched alkanes of at least 4 members (excludes halogenated alkanes) is 12. The van der Waals surface area contributed by atoms with Crippen molar-refractivity contribution in [2.75, 3.05) is 13.7 Å². The lowest BCUT2D eigenvalue weighted by atomic mass is 9.79. The molecule has 9 heteroatoms. The molecule has 0 saturated carbocycles. The molecule has 48 heavy (non-hydrogen) atoms. The summed E-state index contributed by atoms with van der Waals surface area (Å²) in [4.78, 5) is 27.7. The molecule has 0 bridgehead atoms. The Morgan fingerprint density at radius 1 is 0.875 bits per heavy atom. The molecule has 0 aromatic heterocycles. The van der Waals surface area contributed by atoms with Gasteiger partial charge in [0.05, 0.1) is 25.9 Å². The maximum Gasteiger partial charge on any atom is 0.314 e. The van der Waals surface area contributed by atoms with Gasteiger partial charge in [-0.2, -0.15) is 0 Å². The van der Waals surface area contributed by atoms with E-state index >= 15 is 0 Å². The molecule has 0 radical (unpaired) electrons. The summed E-state index contributed by atoms with van der Waals surface area (Å²) in [6, 6.07) is 0.490. The van der Waals surface area contributed by atoms with Crippen LogP contribution in [0.5, 0.6) is 0 Å². The minimum absolute atomic E-state index is 0.0782. The Labute approximate surface area is 291 Å². The van der Waals surface area contributed by atoms with Gasteiger partial charge < -0.3 is 18.9 Å². The number of hydrogen-bond acceptors (Lipinski definition) is 9. The Bertz CT molecular complexity index is 1040. The van der Waals surface area contributed by atoms with E-state index in [1.165, 1.54) is 64.9 Å². The van der Waals surface area contributed by atoms with Gasteiger partial charge in [0.2, 0.25) is 0 Å². The number of nitrogens with zero attached hydrogens (tertiary/aromatic N) is 1. The van der Waals surface area contributed by atoms with Crippen LogP contribution in [-0.4, -0.2) is 72.6 Å². The van der Waals surface area contributed by atoms with Crippen molar-refractivity contribution in [3.05, 3.63) is 12.2 Å². The van der Waals surface area contributed by atoms with E-state index in [1.54, 1.807) is 0 Å². The number of rotatable bonds is 18. The quantitative estimate of drug-likeness (QED) is 0.0865. The minimum Gasteiger partial charge on any atom is -0.469 e. The molecule has 0 amide bonds. The van der Waals surface area contributed by atoms with E-state index in [0.717, 1.165) is 83.5 Å². The van der Waals surface area contributed by atoms with Crippen LogP contribution in [-0.2, 0) is 28.5 Å². The lowest BCUT2D eigenvalue weighted by molar-refractivity contribution is -0.255. The fourth-order valence-electron chi connectivity index (χ4n) is 9.31. The average molecular weight is 674 g/mol. The molecule has 4 saturated heterocycles. The third-order valence-electron chi connectivity index (χ3n) is 11.8. The number of hydrogen-bond donors (Lipinski definition) is 2. The third kappa shape index (κ3) is 9.83. The first-order chi connectivity index (χ1) is 23.4. The smallest absolute Gasteiger partial charge is 0.314 e. The van der Waals surface area contributed by atoms with Crippen LogP contribution >= 0.6 is 0 Å². The van der Waals surface area contributed by atoms with Crippen LogP contribution in [0.25, 0.3) is 0 Å². The number of carbonyl (C=O) groups is 2. The summed E-state index contributed by atoms with van der Waals surface area (Å²) in [5.41, 5.74) is -1.07. The van der Waals surface area contributed by atoms with Crippen molar-refractivity contribution >= 4 is 11.9 Å². The third-order valence-corrected chi connectivity index (χ3v) is 11.8. The van der Waals surface area contributed by atoms with Gasteiger partial charge in [0.1, 0.15) is 23.7 Å². The van der Waals surface area contributed by atoms with E-state index in [1.807, 2.05) is 0 Å². The fraction of sp³-hybridized carbons (Fsp3) is 0.897. The van der Waals surface area contributed by atoms with E-state index in [-0.39, 0.29) is 48.1 Å². The molecule has 5 aliphatic heterocycles. The van der Waals surface area contributed by atoms with Crippen molar-refractivity contribution in [1.82, 2.24) is 15.5 Å². The summed E-state index contributed by atoms with van der Waals surface area (Å²) in [5, 5.41) is 7.83. The van der Waals surface area contributed by atoms with Crippen molar-refractivity contribution in [2.45, 2.75) is 204 Å². The van der Waals surface area contributed by atoms with Crippen LogP contribution < -0.4 is 10.6 Å². The summed E-state index contributed by atoms with van der Waals surface area (Å²) in [6.07, 6.45) is 29.7. The first-order valence-electron chi connectivity index (χ1n) is 20.0. The van der Waals surface area contributed by atoms with Gasteiger partial charge in [-0.1, -0.05) is 89.7 Å². The van der Waals surface area contributed by atoms with Gasteiger partial charge in [-0.3, -0.25) is 25.1 Å². The molecular weight excluding hydrogens is 606 g/mol. The molecule has 0 aromatic carbocycles. The van der Waals surface area contributed by atoms with Crippen molar-refractivity contribution < 1.29 is 28.5 Å². The largest absolute Gasteiger partial charge is 0.469 e. The maximum atomic E-state index is 14.0. The first-order valence-corrected chi connectivity index (χ1v) is 20.0. The second-order valence-electron chi connectivity index (χ2n) is 15.4. The van der Waals surface area contributed by atoms with Crippen LogP contribution in [0.4, 0.5) is 0 Å². The van der Waals surface area contributed by atoms with Gasteiger partial charge in [-0.25, -0.2) is 0 Å². The highest BCUT2D eigenvalue weighted by Gasteiger charge is 2.63. The zero-order valence-electron chi connectivity index (χ0n) is 30.5. The molecule has 5 aliphatic rings.